The molecule has 0 aliphatic rings. The maximum Gasteiger partial charge on any atom is 0.232 e. The first-order chi connectivity index (χ1) is 11.9. The molecular weight excluding hydrogens is 340 g/mol. The van der Waals surface area contributed by atoms with E-state index in [1.54, 1.807) is 7.11 Å². The summed E-state index contributed by atoms with van der Waals surface area (Å²) in [5.41, 5.74) is 0.683. The molecule has 2 N–H and O–H groups in total. The minimum Gasteiger partial charge on any atom is -0.497 e. The Morgan fingerprint density at radius 1 is 1.20 bits per heavy atom. The smallest absolute Gasteiger partial charge is 0.232 e. The summed E-state index contributed by atoms with van der Waals surface area (Å²) in [5, 5.41) is 12.9. The molecule has 0 atom stereocenters. The van der Waals surface area contributed by atoms with Gasteiger partial charge in [0.15, 0.2) is 11.6 Å². The second kappa shape index (κ2) is 6.75. The molecule has 0 unspecified atom stereocenters. The van der Waals surface area contributed by atoms with E-state index in [1.807, 2.05) is 45.0 Å². The average molecular weight is 360 g/mol. The first-order valence-corrected chi connectivity index (χ1v) is 8.68. The van der Waals surface area contributed by atoms with Gasteiger partial charge >= 0.3 is 0 Å². The lowest BCUT2D eigenvalue weighted by atomic mass is 9.97. The summed E-state index contributed by atoms with van der Waals surface area (Å²) in [6.07, 6.45) is 0. The van der Waals surface area contributed by atoms with Gasteiger partial charge in [0.2, 0.25) is 11.0 Å². The van der Waals surface area contributed by atoms with Gasteiger partial charge in [-0.3, -0.25) is 0 Å². The monoisotopic (exact) mass is 360 g/mol. The molecule has 0 saturated carbocycles. The van der Waals surface area contributed by atoms with Crippen LogP contribution in [0.2, 0.25) is 0 Å². The Hall–Kier alpha value is -2.55. The molecule has 8 nitrogen and oxygen atoms in total. The molecule has 0 saturated heterocycles. The van der Waals surface area contributed by atoms with Crippen molar-refractivity contribution in [1.29, 1.82) is 0 Å². The van der Waals surface area contributed by atoms with Crippen LogP contribution in [-0.2, 0) is 11.2 Å². The Kier molecular flexibility index (Phi) is 4.67. The highest BCUT2D eigenvalue weighted by Gasteiger charge is 2.22. The van der Waals surface area contributed by atoms with Crippen LogP contribution in [0.15, 0.2) is 33.9 Å². The number of nitrogens with two attached hydrogens (primary N) is 1. The molecule has 3 rings (SSSR count). The predicted molar refractivity (Wildman–Crippen MR) is 94.7 cm³/mol. The number of aromatic nitrogens is 5. The lowest BCUT2D eigenvalue weighted by Crippen LogP contribution is -2.12. The molecule has 0 radical (unpaired) electrons. The second-order valence-electron chi connectivity index (χ2n) is 6.46. The summed E-state index contributed by atoms with van der Waals surface area (Å²) in [6, 6.07) is 7.47. The van der Waals surface area contributed by atoms with E-state index in [4.69, 9.17) is 15.1 Å². The van der Waals surface area contributed by atoms with Crippen LogP contribution >= 0.6 is 11.8 Å². The van der Waals surface area contributed by atoms with Gasteiger partial charge in [-0.25, -0.2) is 4.68 Å². The van der Waals surface area contributed by atoms with Crippen LogP contribution in [-0.4, -0.2) is 32.1 Å². The predicted octanol–water partition coefficient (Wildman–Crippen LogP) is 2.64. The zero-order chi connectivity index (χ0) is 18.0. The minimum atomic E-state index is -0.175. The van der Waals surface area contributed by atoms with E-state index in [-0.39, 0.29) is 5.41 Å². The van der Waals surface area contributed by atoms with Gasteiger partial charge in [0, 0.05) is 11.0 Å². The largest absolute Gasteiger partial charge is 0.497 e. The van der Waals surface area contributed by atoms with Gasteiger partial charge in [-0.15, -0.1) is 10.2 Å². The van der Waals surface area contributed by atoms with Crippen LogP contribution in [0.5, 0.6) is 5.75 Å². The summed E-state index contributed by atoms with van der Waals surface area (Å²) in [4.78, 5) is 4.40. The highest BCUT2D eigenvalue weighted by molar-refractivity contribution is 7.98. The molecule has 0 fully saturated rings. The van der Waals surface area contributed by atoms with Gasteiger partial charge in [-0.1, -0.05) is 37.7 Å². The molecule has 0 aliphatic carbocycles. The number of rotatable bonds is 5. The molecule has 0 spiro atoms. The number of ether oxygens (including phenoxy) is 1. The van der Waals surface area contributed by atoms with Gasteiger partial charge < -0.3 is 15.1 Å². The van der Waals surface area contributed by atoms with Crippen LogP contribution in [0, 0.1) is 0 Å². The van der Waals surface area contributed by atoms with E-state index in [1.165, 1.54) is 16.4 Å². The van der Waals surface area contributed by atoms with Crippen LogP contribution in [0.3, 0.4) is 0 Å². The van der Waals surface area contributed by atoms with Crippen molar-refractivity contribution in [3.63, 3.8) is 0 Å². The van der Waals surface area contributed by atoms with Crippen molar-refractivity contribution in [3.05, 3.63) is 36.0 Å². The quantitative estimate of drug-likeness (QED) is 0.547. The second-order valence-corrected chi connectivity index (χ2v) is 7.40. The molecule has 1 aromatic carbocycles. The number of benzene rings is 1. The van der Waals surface area contributed by atoms with E-state index in [0.29, 0.717) is 28.4 Å². The zero-order valence-electron chi connectivity index (χ0n) is 14.6. The Labute approximate surface area is 149 Å². The van der Waals surface area contributed by atoms with Crippen LogP contribution in [0.25, 0.3) is 11.4 Å². The molecule has 2 aromatic heterocycles. The van der Waals surface area contributed by atoms with E-state index in [9.17, 15) is 0 Å². The maximum absolute atomic E-state index is 6.12. The Bertz CT molecular complexity index is 850. The number of hydrogen-bond acceptors (Lipinski definition) is 8. The summed E-state index contributed by atoms with van der Waals surface area (Å²) >= 11 is 1.40. The molecule has 2 heterocycles. The summed E-state index contributed by atoms with van der Waals surface area (Å²) < 4.78 is 11.9. The first-order valence-electron chi connectivity index (χ1n) is 7.69. The average Bonchev–Trinajstić information content (AvgIpc) is 3.20. The molecule has 9 heteroatoms. The van der Waals surface area contributed by atoms with E-state index >= 15 is 0 Å². The van der Waals surface area contributed by atoms with Crippen molar-refractivity contribution in [1.82, 2.24) is 25.0 Å². The number of nitrogen functional groups attached to an aromatic ring is 1. The zero-order valence-corrected chi connectivity index (χ0v) is 15.4. The van der Waals surface area contributed by atoms with Crippen LogP contribution in [0.4, 0.5) is 0 Å². The van der Waals surface area contributed by atoms with Crippen molar-refractivity contribution in [2.24, 2.45) is 0 Å². The summed E-state index contributed by atoms with van der Waals surface area (Å²) in [6.45, 7) is 6.07. The minimum absolute atomic E-state index is 0.175. The molecule has 0 bridgehead atoms. The fourth-order valence-corrected chi connectivity index (χ4v) is 2.76. The molecular formula is C16H20N6O2S. The number of hydrogen-bond donors (Lipinski definition) is 1. The van der Waals surface area contributed by atoms with Crippen molar-refractivity contribution < 1.29 is 9.26 Å². The topological polar surface area (TPSA) is 105 Å². The van der Waals surface area contributed by atoms with Gasteiger partial charge in [0.25, 0.3) is 0 Å². The lowest BCUT2D eigenvalue weighted by Gasteiger charge is -2.10. The lowest BCUT2D eigenvalue weighted by molar-refractivity contribution is 0.319. The number of nitrogens with zero attached hydrogens (tertiary/aromatic N) is 5. The number of thioether (sulfide) groups is 1. The summed E-state index contributed by atoms with van der Waals surface area (Å²) in [7, 11) is 1.62. The molecule has 3 aromatic rings. The fourth-order valence-electron chi connectivity index (χ4n) is 2.06. The van der Waals surface area contributed by atoms with Crippen molar-refractivity contribution in [2.75, 3.05) is 13.0 Å². The van der Waals surface area contributed by atoms with Crippen molar-refractivity contribution in [2.45, 2.75) is 37.1 Å². The van der Waals surface area contributed by atoms with E-state index < -0.39 is 0 Å². The van der Waals surface area contributed by atoms with Gasteiger partial charge in [-0.05, 0) is 24.3 Å². The molecule has 0 aliphatic heterocycles. The SMILES string of the molecule is COc1ccc(-c2nnc(SCc3noc(C(C)(C)C)n3)n2N)cc1. The standard InChI is InChI=1S/C16H20N6O2S/c1-16(2,3)14-18-12(21-24-14)9-25-15-20-19-13(22(15)17)10-5-7-11(23-4)8-6-10/h5-8H,9,17H2,1-4H3. The molecule has 25 heavy (non-hydrogen) atoms. The summed E-state index contributed by atoms with van der Waals surface area (Å²) in [5.74, 6) is 9.17. The third-order valence-corrected chi connectivity index (χ3v) is 4.39. The number of methoxy groups -OCH3 is 1. The highest BCUT2D eigenvalue weighted by atomic mass is 32.2. The van der Waals surface area contributed by atoms with Crippen LogP contribution < -0.4 is 10.6 Å². The molecule has 132 valence electrons. The third kappa shape index (κ3) is 3.76. The van der Waals surface area contributed by atoms with E-state index in [0.717, 1.165) is 11.3 Å². The normalized spacial score (nSPS) is 11.7. The highest BCUT2D eigenvalue weighted by Crippen LogP contribution is 2.26. The van der Waals surface area contributed by atoms with Crippen molar-refractivity contribution in [3.8, 4) is 17.1 Å². The molecule has 0 amide bonds. The fraction of sp³-hybridized carbons (Fsp3) is 0.375. The Morgan fingerprint density at radius 2 is 1.92 bits per heavy atom. The Morgan fingerprint density at radius 3 is 2.52 bits per heavy atom. The third-order valence-electron chi connectivity index (χ3n) is 3.45. The maximum atomic E-state index is 6.12. The van der Waals surface area contributed by atoms with Crippen molar-refractivity contribution >= 4 is 11.8 Å². The van der Waals surface area contributed by atoms with Gasteiger partial charge in [0.05, 0.1) is 12.9 Å². The Balaban J connectivity index is 1.72. The van der Waals surface area contributed by atoms with Gasteiger partial charge in [0.1, 0.15) is 5.75 Å². The van der Waals surface area contributed by atoms with Crippen LogP contribution in [0.1, 0.15) is 32.5 Å². The van der Waals surface area contributed by atoms with Gasteiger partial charge in [-0.2, -0.15) is 4.98 Å². The first kappa shape index (κ1) is 17.3. The van der Waals surface area contributed by atoms with E-state index in [2.05, 4.69) is 20.3 Å².